The van der Waals surface area contributed by atoms with Gasteiger partial charge in [-0.05, 0) is 80.3 Å². The highest BCUT2D eigenvalue weighted by atomic mass is 35.5. The summed E-state index contributed by atoms with van der Waals surface area (Å²) in [5.41, 5.74) is 1.65. The molecule has 212 valence electrons. The van der Waals surface area contributed by atoms with Crippen LogP contribution in [0.15, 0.2) is 60.5 Å². The van der Waals surface area contributed by atoms with Gasteiger partial charge in [0, 0.05) is 48.1 Å². The monoisotopic (exact) mass is 568 g/mol. The van der Waals surface area contributed by atoms with Crippen molar-refractivity contribution in [2.45, 2.75) is 44.8 Å². The first kappa shape index (κ1) is 30.6. The number of carbonyl (C=O) groups excluding carboxylic acids is 3. The van der Waals surface area contributed by atoms with E-state index < -0.39 is 12.0 Å². The van der Waals surface area contributed by atoms with Gasteiger partial charge < -0.3 is 24.8 Å². The molecule has 0 saturated heterocycles. The summed E-state index contributed by atoms with van der Waals surface area (Å²) in [6.07, 6.45) is 7.10. The van der Waals surface area contributed by atoms with Gasteiger partial charge in [0.1, 0.15) is 18.1 Å². The largest absolute Gasteiger partial charge is 0.495 e. The third-order valence-electron chi connectivity index (χ3n) is 6.68. The summed E-state index contributed by atoms with van der Waals surface area (Å²) < 4.78 is 11.5. The molecule has 0 heterocycles. The maximum Gasteiger partial charge on any atom is 0.335 e. The van der Waals surface area contributed by atoms with Crippen LogP contribution in [0.2, 0.25) is 5.02 Å². The lowest BCUT2D eigenvalue weighted by Gasteiger charge is -2.30. The summed E-state index contributed by atoms with van der Waals surface area (Å²) in [7, 11) is 3.12. The van der Waals surface area contributed by atoms with Crippen LogP contribution >= 0.6 is 11.6 Å². The molecule has 0 spiro atoms. The minimum atomic E-state index is -1.06. The van der Waals surface area contributed by atoms with Gasteiger partial charge in [-0.15, -0.1) is 0 Å². The number of carboxylic acids is 1. The molecule has 1 fully saturated rings. The highest BCUT2D eigenvalue weighted by molar-refractivity contribution is 6.31. The molecule has 0 radical (unpaired) electrons. The fourth-order valence-electron chi connectivity index (χ4n) is 4.25. The number of ketones is 1. The number of ether oxygens (including phenoxy) is 2. The minimum Gasteiger partial charge on any atom is -0.495 e. The molecule has 0 bridgehead atoms. The lowest BCUT2D eigenvalue weighted by Crippen LogP contribution is -2.40. The molecule has 2 N–H and O–H groups in total. The summed E-state index contributed by atoms with van der Waals surface area (Å²) in [6, 6.07) is 9.90. The Balaban J connectivity index is 1.92. The first-order chi connectivity index (χ1) is 19.1. The maximum atomic E-state index is 13.4. The Hall–Kier alpha value is -3.95. The number of amides is 1. The van der Waals surface area contributed by atoms with Crippen LogP contribution in [-0.2, 0) is 19.1 Å². The number of anilines is 1. The molecule has 2 aromatic carbocycles. The number of Topliss-reactive ketones (excluding diaryl/α,β-unsaturated/α-hetero) is 1. The molecule has 10 heteroatoms. The van der Waals surface area contributed by atoms with Crippen molar-refractivity contribution < 1.29 is 33.8 Å². The average molecular weight is 569 g/mol. The Labute approximate surface area is 238 Å². The molecule has 2 aromatic rings. The van der Waals surface area contributed by atoms with E-state index in [1.165, 1.54) is 44.4 Å². The molecule has 1 aliphatic carbocycles. The first-order valence-corrected chi connectivity index (χ1v) is 13.2. The number of carbonyl (C=O) groups is 4. The Morgan fingerprint density at radius 1 is 1.15 bits per heavy atom. The smallest absolute Gasteiger partial charge is 0.335 e. The van der Waals surface area contributed by atoms with Crippen LogP contribution in [0.5, 0.6) is 0 Å². The van der Waals surface area contributed by atoms with Crippen LogP contribution in [0.1, 0.15) is 58.9 Å². The van der Waals surface area contributed by atoms with Gasteiger partial charge in [-0.2, -0.15) is 0 Å². The zero-order valence-corrected chi connectivity index (χ0v) is 23.4. The van der Waals surface area contributed by atoms with Crippen LogP contribution in [0, 0.1) is 0 Å². The van der Waals surface area contributed by atoms with Crippen molar-refractivity contribution in [3.63, 3.8) is 0 Å². The molecule has 9 nitrogen and oxygen atoms in total. The van der Waals surface area contributed by atoms with Gasteiger partial charge in [0.2, 0.25) is 5.91 Å². The second-order valence-corrected chi connectivity index (χ2v) is 9.86. The number of aromatic carboxylic acids is 1. The van der Waals surface area contributed by atoms with Gasteiger partial charge in [0.15, 0.2) is 5.78 Å². The highest BCUT2D eigenvalue weighted by Gasteiger charge is 2.26. The molecule has 3 rings (SSSR count). The van der Waals surface area contributed by atoms with Gasteiger partial charge in [-0.3, -0.25) is 14.4 Å². The molecule has 0 aliphatic heterocycles. The number of methoxy groups -OCH3 is 1. The summed E-state index contributed by atoms with van der Waals surface area (Å²) in [5.74, 6) is -1.38. The summed E-state index contributed by atoms with van der Waals surface area (Å²) >= 11 is 6.22. The Morgan fingerprint density at radius 3 is 2.40 bits per heavy atom. The number of rotatable bonds is 14. The number of carboxylic acid groups (broad SMARTS) is 1. The van der Waals surface area contributed by atoms with E-state index in [1.807, 2.05) is 0 Å². The number of allylic oxidation sites excluding steroid dienone is 2. The third-order valence-corrected chi connectivity index (χ3v) is 6.92. The van der Waals surface area contributed by atoms with E-state index in [-0.39, 0.29) is 29.1 Å². The second kappa shape index (κ2) is 14.4. The van der Waals surface area contributed by atoms with Gasteiger partial charge in [-0.25, -0.2) is 4.79 Å². The minimum absolute atomic E-state index is 0.105. The van der Waals surface area contributed by atoms with Crippen molar-refractivity contribution in [2.24, 2.45) is 0 Å². The molecule has 1 amide bonds. The summed E-state index contributed by atoms with van der Waals surface area (Å²) in [5, 5.41) is 12.3. The van der Waals surface area contributed by atoms with Gasteiger partial charge in [0.05, 0.1) is 18.8 Å². The molecule has 1 unspecified atom stereocenters. The molecule has 1 saturated carbocycles. The van der Waals surface area contributed by atoms with Gasteiger partial charge >= 0.3 is 5.97 Å². The van der Waals surface area contributed by atoms with Crippen LogP contribution in [-0.4, -0.2) is 66.9 Å². The van der Waals surface area contributed by atoms with Crippen molar-refractivity contribution in [3.05, 3.63) is 82.2 Å². The molecule has 0 aromatic heterocycles. The number of likely N-dealkylation sites (N-methyl/N-ethyl adjacent to an activating group) is 1. The van der Waals surface area contributed by atoms with Crippen LogP contribution in [0.25, 0.3) is 5.57 Å². The van der Waals surface area contributed by atoms with Gasteiger partial charge in [-0.1, -0.05) is 11.6 Å². The number of halogens is 1. The fourth-order valence-corrected chi connectivity index (χ4v) is 4.42. The Kier molecular flexibility index (Phi) is 11.0. The summed E-state index contributed by atoms with van der Waals surface area (Å²) in [4.78, 5) is 50.2. The fraction of sp³-hybridized carbons (Fsp3) is 0.333. The lowest BCUT2D eigenvalue weighted by atomic mass is 9.95. The number of hydrogen-bond donors (Lipinski definition) is 2. The first-order valence-electron chi connectivity index (χ1n) is 12.8. The standard InChI is InChI=1S/C30H33ClN2O7/c1-19(35)24-12-9-21(31)17-26(24)25(13-15-34)28(39-3)18-33(2)27(14-16-40-23-5-4-6-23)29(36)32-22-10-7-20(8-11-22)30(37)38/h7-13,15,17-18,23,27H,4-6,14,16H2,1-3H3,(H,32,36)(H,37,38)/b25-13-,28-18+. The van der Waals surface area contributed by atoms with E-state index in [1.54, 1.807) is 36.3 Å². The second-order valence-electron chi connectivity index (χ2n) is 9.43. The molecular weight excluding hydrogens is 536 g/mol. The van der Waals surface area contributed by atoms with Gasteiger partial charge in [0.25, 0.3) is 0 Å². The molecule has 1 aliphatic rings. The van der Waals surface area contributed by atoms with Crippen molar-refractivity contribution in [3.8, 4) is 0 Å². The molecular formula is C30H33ClN2O7. The summed E-state index contributed by atoms with van der Waals surface area (Å²) in [6.45, 7) is 1.76. The SMILES string of the molecule is COC(=C/N(C)C(CCOC1CCC1)C(=O)Nc1ccc(C(=O)O)cc1)/C(=C\C=O)c1cc(Cl)ccc1C(C)=O. The number of nitrogens with one attached hydrogen (secondary N) is 1. The van der Waals surface area contributed by atoms with Crippen molar-refractivity contribution in [2.75, 3.05) is 26.1 Å². The zero-order valence-electron chi connectivity index (χ0n) is 22.7. The number of benzene rings is 2. The van der Waals surface area contributed by atoms with Crippen molar-refractivity contribution in [1.29, 1.82) is 0 Å². The molecule has 40 heavy (non-hydrogen) atoms. The quantitative estimate of drug-likeness (QED) is 0.105. The topological polar surface area (TPSA) is 122 Å². The number of nitrogens with zero attached hydrogens (tertiary/aromatic N) is 1. The molecule has 1 atom stereocenters. The predicted octanol–water partition coefficient (Wildman–Crippen LogP) is 5.21. The van der Waals surface area contributed by atoms with Crippen LogP contribution < -0.4 is 5.32 Å². The lowest BCUT2D eigenvalue weighted by molar-refractivity contribution is -0.121. The van der Waals surface area contributed by atoms with E-state index in [0.29, 0.717) is 46.7 Å². The number of hydrogen-bond acceptors (Lipinski definition) is 7. The predicted molar refractivity (Wildman–Crippen MR) is 152 cm³/mol. The van der Waals surface area contributed by atoms with Crippen LogP contribution in [0.4, 0.5) is 5.69 Å². The Bertz CT molecular complexity index is 1300. The maximum absolute atomic E-state index is 13.4. The van der Waals surface area contributed by atoms with Crippen molar-refractivity contribution in [1.82, 2.24) is 4.90 Å². The third kappa shape index (κ3) is 8.03. The van der Waals surface area contributed by atoms with E-state index in [0.717, 1.165) is 19.3 Å². The van der Waals surface area contributed by atoms with E-state index in [2.05, 4.69) is 5.32 Å². The normalized spacial score (nSPS) is 14.6. The van der Waals surface area contributed by atoms with E-state index in [9.17, 15) is 19.2 Å². The highest BCUT2D eigenvalue weighted by Crippen LogP contribution is 2.30. The van der Waals surface area contributed by atoms with Crippen LogP contribution in [0.3, 0.4) is 0 Å². The van der Waals surface area contributed by atoms with E-state index in [4.69, 9.17) is 26.2 Å². The van der Waals surface area contributed by atoms with Crippen molar-refractivity contribution >= 4 is 46.8 Å². The Morgan fingerprint density at radius 2 is 1.85 bits per heavy atom. The van der Waals surface area contributed by atoms with E-state index >= 15 is 0 Å². The zero-order chi connectivity index (χ0) is 29.2. The average Bonchev–Trinajstić information content (AvgIpc) is 2.89. The number of aldehydes is 1.